The normalized spacial score (nSPS) is 13.5. The summed E-state index contributed by atoms with van der Waals surface area (Å²) >= 11 is 0. The van der Waals surface area contributed by atoms with Gasteiger partial charge in [0.15, 0.2) is 0 Å². The van der Waals surface area contributed by atoms with E-state index in [9.17, 15) is 13.2 Å². The number of nitrogens with one attached hydrogen (secondary N) is 1. The Balaban J connectivity index is 2.45. The first-order valence-corrected chi connectivity index (χ1v) is 5.87. The zero-order valence-corrected chi connectivity index (χ0v) is 10.6. The first-order chi connectivity index (χ1) is 8.93. The van der Waals surface area contributed by atoms with Gasteiger partial charge in [-0.2, -0.15) is 13.2 Å². The fraction of sp³-hybridized carbons (Fsp3) is 0.286. The van der Waals surface area contributed by atoms with Crippen LogP contribution in [0.4, 0.5) is 13.2 Å². The molecule has 0 saturated carbocycles. The number of benzene rings is 1. The standard InChI is InChI=1S/C14H14F3NO/c1-9(18-2)12-7-8-13(19-12)10-5-3-4-6-11(10)14(15,16)17/h3-9,18H,1-2H3. The van der Waals surface area contributed by atoms with Crippen LogP contribution in [-0.4, -0.2) is 7.05 Å². The van der Waals surface area contributed by atoms with Gasteiger partial charge in [0.05, 0.1) is 11.6 Å². The highest BCUT2D eigenvalue weighted by atomic mass is 19.4. The Labute approximate surface area is 109 Å². The molecule has 1 N–H and O–H groups in total. The molecule has 1 atom stereocenters. The van der Waals surface area contributed by atoms with Crippen molar-refractivity contribution >= 4 is 0 Å². The van der Waals surface area contributed by atoms with Crippen molar-refractivity contribution in [2.75, 3.05) is 7.05 Å². The molecule has 0 amide bonds. The van der Waals surface area contributed by atoms with E-state index in [1.807, 2.05) is 6.92 Å². The molecule has 19 heavy (non-hydrogen) atoms. The van der Waals surface area contributed by atoms with Crippen molar-refractivity contribution < 1.29 is 17.6 Å². The highest BCUT2D eigenvalue weighted by Crippen LogP contribution is 2.37. The summed E-state index contributed by atoms with van der Waals surface area (Å²) in [5, 5.41) is 2.97. The minimum atomic E-state index is -4.39. The van der Waals surface area contributed by atoms with Crippen molar-refractivity contribution in [1.29, 1.82) is 0 Å². The molecular formula is C14H14F3NO. The largest absolute Gasteiger partial charge is 0.459 e. The third-order valence-corrected chi connectivity index (χ3v) is 2.98. The van der Waals surface area contributed by atoms with Gasteiger partial charge in [-0.1, -0.05) is 18.2 Å². The quantitative estimate of drug-likeness (QED) is 0.901. The zero-order chi connectivity index (χ0) is 14.0. The van der Waals surface area contributed by atoms with Gasteiger partial charge in [-0.25, -0.2) is 0 Å². The van der Waals surface area contributed by atoms with Crippen molar-refractivity contribution in [2.24, 2.45) is 0 Å². The summed E-state index contributed by atoms with van der Waals surface area (Å²) in [5.74, 6) is 0.833. The van der Waals surface area contributed by atoms with Crippen LogP contribution in [0.25, 0.3) is 11.3 Å². The molecule has 5 heteroatoms. The molecule has 102 valence electrons. The fourth-order valence-electron chi connectivity index (χ4n) is 1.82. The van der Waals surface area contributed by atoms with Crippen LogP contribution >= 0.6 is 0 Å². The lowest BCUT2D eigenvalue weighted by Gasteiger charge is -2.11. The Morgan fingerprint density at radius 3 is 2.42 bits per heavy atom. The van der Waals surface area contributed by atoms with Gasteiger partial charge in [-0.3, -0.25) is 0 Å². The van der Waals surface area contributed by atoms with E-state index in [0.717, 1.165) is 6.07 Å². The van der Waals surface area contributed by atoms with E-state index in [-0.39, 0.29) is 17.4 Å². The second-order valence-electron chi connectivity index (χ2n) is 4.26. The highest BCUT2D eigenvalue weighted by molar-refractivity contribution is 5.63. The van der Waals surface area contributed by atoms with Gasteiger partial charge in [-0.15, -0.1) is 0 Å². The smallest absolute Gasteiger partial charge is 0.417 e. The molecule has 0 bridgehead atoms. The molecule has 2 aromatic rings. The molecule has 0 radical (unpaired) electrons. The SMILES string of the molecule is CNC(C)c1ccc(-c2ccccc2C(F)(F)F)o1. The average molecular weight is 269 g/mol. The maximum atomic E-state index is 12.9. The predicted octanol–water partition coefficient (Wildman–Crippen LogP) is 4.25. The summed E-state index contributed by atoms with van der Waals surface area (Å²) in [6.07, 6.45) is -4.39. The number of alkyl halides is 3. The minimum absolute atomic E-state index is 0.0493. The summed E-state index contributed by atoms with van der Waals surface area (Å²) in [4.78, 5) is 0. The van der Waals surface area contributed by atoms with Gasteiger partial charge in [0.25, 0.3) is 0 Å². The van der Waals surface area contributed by atoms with Crippen LogP contribution in [0.3, 0.4) is 0 Å². The van der Waals surface area contributed by atoms with Crippen molar-refractivity contribution in [3.63, 3.8) is 0 Å². The van der Waals surface area contributed by atoms with Crippen LogP contribution in [0, 0.1) is 0 Å². The number of rotatable bonds is 3. The van der Waals surface area contributed by atoms with E-state index in [1.165, 1.54) is 12.1 Å². The Kier molecular flexibility index (Phi) is 3.66. The molecule has 1 heterocycles. The summed E-state index contributed by atoms with van der Waals surface area (Å²) in [5.41, 5.74) is -0.627. The zero-order valence-electron chi connectivity index (χ0n) is 10.6. The monoisotopic (exact) mass is 269 g/mol. The van der Waals surface area contributed by atoms with Gasteiger partial charge in [0, 0.05) is 5.56 Å². The van der Waals surface area contributed by atoms with Gasteiger partial charge in [0.1, 0.15) is 11.5 Å². The minimum Gasteiger partial charge on any atom is -0.459 e. The molecular weight excluding hydrogens is 255 g/mol. The van der Waals surface area contributed by atoms with Crippen molar-refractivity contribution in [1.82, 2.24) is 5.32 Å². The molecule has 0 fully saturated rings. The van der Waals surface area contributed by atoms with Crippen LogP contribution in [0.15, 0.2) is 40.8 Å². The first-order valence-electron chi connectivity index (χ1n) is 5.87. The van der Waals surface area contributed by atoms with E-state index < -0.39 is 11.7 Å². The third-order valence-electron chi connectivity index (χ3n) is 2.98. The Morgan fingerprint density at radius 1 is 1.11 bits per heavy atom. The van der Waals surface area contributed by atoms with Gasteiger partial charge in [0.2, 0.25) is 0 Å². The summed E-state index contributed by atoms with van der Waals surface area (Å²) in [6.45, 7) is 1.87. The summed E-state index contributed by atoms with van der Waals surface area (Å²) < 4.78 is 44.2. The Hall–Kier alpha value is -1.75. The van der Waals surface area contributed by atoms with Gasteiger partial charge >= 0.3 is 6.18 Å². The van der Waals surface area contributed by atoms with E-state index >= 15 is 0 Å². The third kappa shape index (κ3) is 2.81. The molecule has 0 aliphatic rings. The summed E-state index contributed by atoms with van der Waals surface area (Å²) in [7, 11) is 1.76. The Bertz CT molecular complexity index is 560. The molecule has 1 aromatic heterocycles. The van der Waals surface area contributed by atoms with Gasteiger partial charge in [-0.05, 0) is 32.2 Å². The van der Waals surface area contributed by atoms with Crippen molar-refractivity contribution in [2.45, 2.75) is 19.1 Å². The van der Waals surface area contributed by atoms with Crippen LogP contribution in [0.2, 0.25) is 0 Å². The molecule has 1 unspecified atom stereocenters. The van der Waals surface area contributed by atoms with E-state index in [2.05, 4.69) is 5.32 Å². The lowest BCUT2D eigenvalue weighted by Crippen LogP contribution is -2.11. The Morgan fingerprint density at radius 2 is 1.79 bits per heavy atom. The van der Waals surface area contributed by atoms with Crippen molar-refractivity contribution in [3.8, 4) is 11.3 Å². The molecule has 0 saturated heterocycles. The first kappa shape index (κ1) is 13.7. The molecule has 2 rings (SSSR count). The second kappa shape index (κ2) is 5.09. The fourth-order valence-corrected chi connectivity index (χ4v) is 1.82. The highest BCUT2D eigenvalue weighted by Gasteiger charge is 2.34. The maximum absolute atomic E-state index is 12.9. The van der Waals surface area contributed by atoms with E-state index in [1.54, 1.807) is 25.2 Å². The molecule has 0 aliphatic heterocycles. The average Bonchev–Trinajstić information content (AvgIpc) is 2.86. The number of hydrogen-bond acceptors (Lipinski definition) is 2. The lowest BCUT2D eigenvalue weighted by molar-refractivity contribution is -0.137. The van der Waals surface area contributed by atoms with Crippen molar-refractivity contribution in [3.05, 3.63) is 47.7 Å². The van der Waals surface area contributed by atoms with Crippen LogP contribution in [0.1, 0.15) is 24.3 Å². The molecule has 2 nitrogen and oxygen atoms in total. The maximum Gasteiger partial charge on any atom is 0.417 e. The molecule has 0 aliphatic carbocycles. The van der Waals surface area contributed by atoms with Gasteiger partial charge < -0.3 is 9.73 Å². The van der Waals surface area contributed by atoms with Crippen LogP contribution in [0.5, 0.6) is 0 Å². The molecule has 0 spiro atoms. The van der Waals surface area contributed by atoms with Crippen LogP contribution < -0.4 is 5.32 Å². The number of furan rings is 1. The van der Waals surface area contributed by atoms with Crippen LogP contribution in [-0.2, 0) is 6.18 Å². The predicted molar refractivity (Wildman–Crippen MR) is 66.6 cm³/mol. The van der Waals surface area contributed by atoms with E-state index in [0.29, 0.717) is 5.76 Å². The topological polar surface area (TPSA) is 25.2 Å². The second-order valence-corrected chi connectivity index (χ2v) is 4.26. The van der Waals surface area contributed by atoms with E-state index in [4.69, 9.17) is 4.42 Å². The number of halogens is 3. The molecule has 1 aromatic carbocycles. The lowest BCUT2D eigenvalue weighted by atomic mass is 10.1. The number of hydrogen-bond donors (Lipinski definition) is 1. The summed E-state index contributed by atoms with van der Waals surface area (Å²) in [6, 6.07) is 8.60.